The summed E-state index contributed by atoms with van der Waals surface area (Å²) in [5.41, 5.74) is 2.41. The van der Waals surface area contributed by atoms with Crippen molar-refractivity contribution in [1.82, 2.24) is 10.6 Å². The molecule has 0 spiro atoms. The van der Waals surface area contributed by atoms with Gasteiger partial charge in [0.05, 0.1) is 12.2 Å². The molecule has 1 aliphatic carbocycles. The molecule has 1 saturated heterocycles. The largest absolute Gasteiger partial charge is 0.490 e. The smallest absolute Gasteiger partial charge is 0.191 e. The number of hydrogen-bond donors (Lipinski definition) is 2. The molecule has 2 N–H and O–H groups in total. The van der Waals surface area contributed by atoms with E-state index in [4.69, 9.17) is 9.47 Å². The fourth-order valence-corrected chi connectivity index (χ4v) is 3.52. The molecule has 1 aromatic rings. The number of aryl methyl sites for hydroxylation is 1. The number of benzene rings is 1. The lowest BCUT2D eigenvalue weighted by molar-refractivity contribution is 0.114. The first-order valence-corrected chi connectivity index (χ1v) is 9.57. The van der Waals surface area contributed by atoms with Crippen LogP contribution in [0.4, 0.5) is 0 Å². The Labute approximate surface area is 174 Å². The van der Waals surface area contributed by atoms with Crippen LogP contribution in [0.25, 0.3) is 0 Å². The highest BCUT2D eigenvalue weighted by Crippen LogP contribution is 2.27. The van der Waals surface area contributed by atoms with Crippen LogP contribution >= 0.6 is 24.0 Å². The monoisotopic (exact) mass is 473 g/mol. The van der Waals surface area contributed by atoms with Gasteiger partial charge in [-0.05, 0) is 57.1 Å². The van der Waals surface area contributed by atoms with Crippen molar-refractivity contribution in [2.75, 3.05) is 20.2 Å². The SMILES string of the molecule is CN=C(NCc1ccc(C)cc1OC1CCCC1)NCC1CCCO1.I. The first kappa shape index (κ1) is 21.3. The van der Waals surface area contributed by atoms with E-state index in [1.165, 1.54) is 36.8 Å². The zero-order valence-corrected chi connectivity index (χ0v) is 18.3. The number of ether oxygens (including phenoxy) is 2. The highest BCUT2D eigenvalue weighted by molar-refractivity contribution is 14.0. The van der Waals surface area contributed by atoms with E-state index >= 15 is 0 Å². The second-order valence-electron chi connectivity index (χ2n) is 7.08. The normalized spacial score (nSPS) is 20.7. The minimum atomic E-state index is 0. The lowest BCUT2D eigenvalue weighted by Crippen LogP contribution is -2.40. The van der Waals surface area contributed by atoms with Crippen molar-refractivity contribution < 1.29 is 9.47 Å². The quantitative estimate of drug-likeness (QED) is 0.375. The Kier molecular flexibility index (Phi) is 8.98. The first-order valence-electron chi connectivity index (χ1n) is 9.57. The second-order valence-corrected chi connectivity index (χ2v) is 7.08. The van der Waals surface area contributed by atoms with Crippen LogP contribution in [0, 0.1) is 6.92 Å². The summed E-state index contributed by atoms with van der Waals surface area (Å²) in [5, 5.41) is 6.76. The summed E-state index contributed by atoms with van der Waals surface area (Å²) in [6, 6.07) is 6.44. The Bertz CT molecular complexity index is 582. The molecule has 0 bridgehead atoms. The van der Waals surface area contributed by atoms with E-state index in [1.54, 1.807) is 7.05 Å². The zero-order chi connectivity index (χ0) is 17.5. The van der Waals surface area contributed by atoms with E-state index < -0.39 is 0 Å². The van der Waals surface area contributed by atoms with Gasteiger partial charge in [-0.25, -0.2) is 0 Å². The summed E-state index contributed by atoms with van der Waals surface area (Å²) < 4.78 is 11.9. The van der Waals surface area contributed by atoms with Crippen LogP contribution in [0.15, 0.2) is 23.2 Å². The Morgan fingerprint density at radius 3 is 2.69 bits per heavy atom. The Balaban J connectivity index is 0.00000243. The van der Waals surface area contributed by atoms with Crippen molar-refractivity contribution in [1.29, 1.82) is 0 Å². The Hall–Kier alpha value is -1.02. The lowest BCUT2D eigenvalue weighted by atomic mass is 10.1. The van der Waals surface area contributed by atoms with Gasteiger partial charge < -0.3 is 20.1 Å². The molecule has 3 rings (SSSR count). The predicted octanol–water partition coefficient (Wildman–Crippen LogP) is 3.78. The number of aliphatic imine (C=N–C) groups is 1. The molecule has 6 heteroatoms. The van der Waals surface area contributed by atoms with Crippen molar-refractivity contribution >= 4 is 29.9 Å². The van der Waals surface area contributed by atoms with E-state index in [-0.39, 0.29) is 24.0 Å². The van der Waals surface area contributed by atoms with E-state index in [0.717, 1.165) is 37.7 Å². The molecule has 2 aliphatic rings. The molecular weight excluding hydrogens is 441 g/mol. The number of halogens is 1. The summed E-state index contributed by atoms with van der Waals surface area (Å²) in [4.78, 5) is 4.31. The summed E-state index contributed by atoms with van der Waals surface area (Å²) in [6.45, 7) is 4.50. The fourth-order valence-electron chi connectivity index (χ4n) is 3.52. The van der Waals surface area contributed by atoms with Crippen LogP contribution in [0.5, 0.6) is 5.75 Å². The van der Waals surface area contributed by atoms with Gasteiger partial charge in [-0.1, -0.05) is 12.1 Å². The molecule has 0 radical (unpaired) electrons. The molecule has 5 nitrogen and oxygen atoms in total. The van der Waals surface area contributed by atoms with Crippen LogP contribution < -0.4 is 15.4 Å². The van der Waals surface area contributed by atoms with Crippen molar-refractivity contribution in [3.05, 3.63) is 29.3 Å². The minimum absolute atomic E-state index is 0. The van der Waals surface area contributed by atoms with Gasteiger partial charge >= 0.3 is 0 Å². The molecule has 0 amide bonds. The molecule has 1 aromatic carbocycles. The summed E-state index contributed by atoms with van der Waals surface area (Å²) in [6.07, 6.45) is 7.87. The predicted molar refractivity (Wildman–Crippen MR) is 117 cm³/mol. The van der Waals surface area contributed by atoms with Crippen LogP contribution in [-0.2, 0) is 11.3 Å². The van der Waals surface area contributed by atoms with Gasteiger partial charge in [0.25, 0.3) is 0 Å². The van der Waals surface area contributed by atoms with Crippen LogP contribution in [0.3, 0.4) is 0 Å². The minimum Gasteiger partial charge on any atom is -0.490 e. The highest BCUT2D eigenvalue weighted by Gasteiger charge is 2.18. The van der Waals surface area contributed by atoms with Gasteiger partial charge in [-0.3, -0.25) is 4.99 Å². The molecule has 1 heterocycles. The molecule has 146 valence electrons. The van der Waals surface area contributed by atoms with Gasteiger partial charge in [-0.15, -0.1) is 24.0 Å². The van der Waals surface area contributed by atoms with Crippen molar-refractivity contribution in [2.45, 2.75) is 64.2 Å². The van der Waals surface area contributed by atoms with Gasteiger partial charge in [0, 0.05) is 32.3 Å². The number of rotatable bonds is 6. The van der Waals surface area contributed by atoms with Gasteiger partial charge in [-0.2, -0.15) is 0 Å². The number of guanidine groups is 1. The van der Waals surface area contributed by atoms with Gasteiger partial charge in [0.2, 0.25) is 0 Å². The Morgan fingerprint density at radius 1 is 1.19 bits per heavy atom. The van der Waals surface area contributed by atoms with Crippen molar-refractivity contribution in [3.63, 3.8) is 0 Å². The highest BCUT2D eigenvalue weighted by atomic mass is 127. The molecule has 1 atom stereocenters. The van der Waals surface area contributed by atoms with Crippen LogP contribution in [0.1, 0.15) is 49.7 Å². The summed E-state index contributed by atoms with van der Waals surface area (Å²) >= 11 is 0. The third-order valence-electron chi connectivity index (χ3n) is 5.01. The maximum absolute atomic E-state index is 6.27. The maximum atomic E-state index is 6.27. The van der Waals surface area contributed by atoms with E-state index in [1.807, 2.05) is 0 Å². The molecule has 1 aliphatic heterocycles. The standard InChI is InChI=1S/C20H31N3O2.HI/c1-15-9-10-16(19(12-15)25-17-6-3-4-7-17)13-22-20(21-2)23-14-18-8-5-11-24-18;/h9-10,12,17-18H,3-8,11,13-14H2,1-2H3,(H2,21,22,23);1H. The first-order chi connectivity index (χ1) is 12.2. The molecule has 26 heavy (non-hydrogen) atoms. The van der Waals surface area contributed by atoms with Crippen LogP contribution in [-0.4, -0.2) is 38.4 Å². The second kappa shape index (κ2) is 11.0. The zero-order valence-electron chi connectivity index (χ0n) is 15.9. The molecule has 1 saturated carbocycles. The molecule has 0 aromatic heterocycles. The average molecular weight is 473 g/mol. The summed E-state index contributed by atoms with van der Waals surface area (Å²) in [5.74, 6) is 1.82. The van der Waals surface area contributed by atoms with Gasteiger partial charge in [0.1, 0.15) is 5.75 Å². The molecule has 2 fully saturated rings. The number of hydrogen-bond acceptors (Lipinski definition) is 3. The fraction of sp³-hybridized carbons (Fsp3) is 0.650. The average Bonchev–Trinajstić information content (AvgIpc) is 3.30. The third-order valence-corrected chi connectivity index (χ3v) is 5.01. The topological polar surface area (TPSA) is 54.9 Å². The third kappa shape index (κ3) is 6.30. The van der Waals surface area contributed by atoms with Gasteiger partial charge in [0.15, 0.2) is 5.96 Å². The molecule has 1 unspecified atom stereocenters. The van der Waals surface area contributed by atoms with Crippen molar-refractivity contribution in [2.24, 2.45) is 4.99 Å². The van der Waals surface area contributed by atoms with E-state index in [0.29, 0.717) is 18.8 Å². The lowest BCUT2D eigenvalue weighted by Gasteiger charge is -2.19. The number of nitrogens with zero attached hydrogens (tertiary/aromatic N) is 1. The summed E-state index contributed by atoms with van der Waals surface area (Å²) in [7, 11) is 1.80. The van der Waals surface area contributed by atoms with E-state index in [2.05, 4.69) is 40.7 Å². The Morgan fingerprint density at radius 2 is 2.00 bits per heavy atom. The van der Waals surface area contributed by atoms with Crippen molar-refractivity contribution in [3.8, 4) is 5.75 Å². The molecular formula is C20H32IN3O2. The van der Waals surface area contributed by atoms with Crippen LogP contribution in [0.2, 0.25) is 0 Å². The number of nitrogens with one attached hydrogen (secondary N) is 2. The maximum Gasteiger partial charge on any atom is 0.191 e. The van der Waals surface area contributed by atoms with E-state index in [9.17, 15) is 0 Å².